The first kappa shape index (κ1) is 24.3. The summed E-state index contributed by atoms with van der Waals surface area (Å²) < 4.78 is 5.52. The number of carbonyl (C=O) groups excluding carboxylic acids is 2. The number of benzene rings is 3. The Hall–Kier alpha value is -4.37. The van der Waals surface area contributed by atoms with Gasteiger partial charge in [0.05, 0.1) is 17.7 Å². The number of piperazine rings is 1. The van der Waals surface area contributed by atoms with E-state index in [2.05, 4.69) is 32.4 Å². The first-order valence-corrected chi connectivity index (χ1v) is 12.3. The molecule has 0 bridgehead atoms. The number of likely N-dealkylation sites (N-methyl/N-ethyl adjacent to an activating group) is 1. The summed E-state index contributed by atoms with van der Waals surface area (Å²) in [5.74, 6) is 0.463. The molecule has 1 fully saturated rings. The molecule has 0 unspecified atom stereocenters. The van der Waals surface area contributed by atoms with E-state index >= 15 is 0 Å². The molecule has 37 heavy (non-hydrogen) atoms. The van der Waals surface area contributed by atoms with Crippen LogP contribution in [0.25, 0.3) is 10.9 Å². The van der Waals surface area contributed by atoms with E-state index in [4.69, 9.17) is 10.5 Å². The van der Waals surface area contributed by atoms with Crippen LogP contribution in [0.5, 0.6) is 5.75 Å². The lowest BCUT2D eigenvalue weighted by atomic mass is 10.0. The van der Waals surface area contributed by atoms with Crippen LogP contribution < -0.4 is 20.7 Å². The minimum absolute atomic E-state index is 0.148. The van der Waals surface area contributed by atoms with Crippen LogP contribution >= 0.6 is 0 Å². The Bertz CT molecular complexity index is 1460. The van der Waals surface area contributed by atoms with Gasteiger partial charge in [-0.2, -0.15) is 5.10 Å². The number of aromatic nitrogens is 2. The molecule has 0 radical (unpaired) electrons. The zero-order valence-electron chi connectivity index (χ0n) is 21.0. The fraction of sp³-hybridized carbons (Fsp3) is 0.250. The Morgan fingerprint density at radius 1 is 1.03 bits per heavy atom. The van der Waals surface area contributed by atoms with E-state index < -0.39 is 0 Å². The lowest BCUT2D eigenvalue weighted by Gasteiger charge is -2.34. The number of nitrogen functional groups attached to an aromatic ring is 1. The number of nitrogens with one attached hydrogen (secondary N) is 2. The number of rotatable bonds is 7. The molecule has 0 aliphatic carbocycles. The maximum absolute atomic E-state index is 13.2. The summed E-state index contributed by atoms with van der Waals surface area (Å²) in [4.78, 5) is 30.8. The van der Waals surface area contributed by atoms with Gasteiger partial charge in [-0.15, -0.1) is 0 Å². The van der Waals surface area contributed by atoms with Gasteiger partial charge in [-0.3, -0.25) is 14.7 Å². The van der Waals surface area contributed by atoms with Crippen molar-refractivity contribution in [3.63, 3.8) is 0 Å². The summed E-state index contributed by atoms with van der Waals surface area (Å²) in [5.41, 5.74) is 9.76. The minimum Gasteiger partial charge on any atom is -0.494 e. The molecule has 1 saturated heterocycles. The summed E-state index contributed by atoms with van der Waals surface area (Å²) in [7, 11) is 2.11. The highest BCUT2D eigenvalue weighted by atomic mass is 16.5. The van der Waals surface area contributed by atoms with Gasteiger partial charge in [0.25, 0.3) is 5.91 Å². The van der Waals surface area contributed by atoms with E-state index in [1.807, 2.05) is 25.1 Å². The monoisotopic (exact) mass is 498 g/mol. The van der Waals surface area contributed by atoms with Crippen LogP contribution in [0.3, 0.4) is 0 Å². The van der Waals surface area contributed by atoms with Gasteiger partial charge in [0.1, 0.15) is 5.75 Å². The lowest BCUT2D eigenvalue weighted by molar-refractivity contribution is 0.102. The predicted molar refractivity (Wildman–Crippen MR) is 146 cm³/mol. The summed E-state index contributed by atoms with van der Waals surface area (Å²) in [6.45, 7) is 6.21. The van der Waals surface area contributed by atoms with Crippen LogP contribution in [0.1, 0.15) is 33.2 Å². The number of amides is 1. The molecule has 9 heteroatoms. The second-order valence-electron chi connectivity index (χ2n) is 9.14. The number of nitrogens with two attached hydrogens (primary N) is 1. The van der Waals surface area contributed by atoms with Crippen LogP contribution in [-0.4, -0.2) is 66.6 Å². The Morgan fingerprint density at radius 3 is 2.57 bits per heavy atom. The first-order chi connectivity index (χ1) is 17.9. The number of carbonyl (C=O) groups is 2. The zero-order valence-corrected chi connectivity index (χ0v) is 21.0. The maximum Gasteiger partial charge on any atom is 0.258 e. The number of anilines is 3. The smallest absolute Gasteiger partial charge is 0.258 e. The molecule has 1 aliphatic heterocycles. The Balaban J connectivity index is 1.36. The van der Waals surface area contributed by atoms with Crippen LogP contribution in [-0.2, 0) is 0 Å². The Kier molecular flexibility index (Phi) is 6.78. The number of ketones is 1. The third kappa shape index (κ3) is 5.12. The maximum atomic E-state index is 13.2. The highest BCUT2D eigenvalue weighted by molar-refractivity contribution is 6.13. The summed E-state index contributed by atoms with van der Waals surface area (Å²) >= 11 is 0. The molecule has 9 nitrogen and oxygen atoms in total. The van der Waals surface area contributed by atoms with Crippen LogP contribution in [0, 0.1) is 0 Å². The molecular formula is C28H30N6O3. The van der Waals surface area contributed by atoms with Crippen molar-refractivity contribution in [3.05, 3.63) is 77.4 Å². The number of aromatic amines is 1. The van der Waals surface area contributed by atoms with Crippen LogP contribution in [0.15, 0.2) is 60.7 Å². The van der Waals surface area contributed by atoms with Gasteiger partial charge in [0.2, 0.25) is 0 Å². The van der Waals surface area contributed by atoms with Crippen molar-refractivity contribution in [1.82, 2.24) is 15.1 Å². The molecule has 190 valence electrons. The van der Waals surface area contributed by atoms with Gasteiger partial charge in [-0.1, -0.05) is 12.1 Å². The van der Waals surface area contributed by atoms with Gasteiger partial charge in [0, 0.05) is 54.1 Å². The second kappa shape index (κ2) is 10.3. The van der Waals surface area contributed by atoms with E-state index in [0.717, 1.165) is 31.9 Å². The predicted octanol–water partition coefficient (Wildman–Crippen LogP) is 3.78. The zero-order chi connectivity index (χ0) is 25.9. The minimum atomic E-state index is -0.364. The average molecular weight is 499 g/mol. The summed E-state index contributed by atoms with van der Waals surface area (Å²) in [5, 5.41) is 10.6. The normalized spacial score (nSPS) is 14.1. The topological polar surface area (TPSA) is 117 Å². The SMILES string of the molecule is CCOc1cccc(C(=O)c2ccc3[nH]nc(NC(=O)c4ccc(N5CCN(C)CC5)cc4N)c3c2)c1. The van der Waals surface area contributed by atoms with E-state index in [1.54, 1.807) is 42.5 Å². The van der Waals surface area contributed by atoms with Crippen molar-refractivity contribution in [2.75, 3.05) is 55.8 Å². The highest BCUT2D eigenvalue weighted by Crippen LogP contribution is 2.27. The van der Waals surface area contributed by atoms with Gasteiger partial charge in [0.15, 0.2) is 11.6 Å². The Morgan fingerprint density at radius 2 is 1.81 bits per heavy atom. The molecule has 5 rings (SSSR count). The third-order valence-corrected chi connectivity index (χ3v) is 6.61. The molecule has 0 spiro atoms. The van der Waals surface area contributed by atoms with Crippen LogP contribution in [0.4, 0.5) is 17.2 Å². The molecular weight excluding hydrogens is 468 g/mol. The molecule has 0 atom stereocenters. The number of H-pyrrole nitrogens is 1. The van der Waals surface area contributed by atoms with E-state index in [-0.39, 0.29) is 11.7 Å². The summed E-state index contributed by atoms with van der Waals surface area (Å²) in [6.07, 6.45) is 0. The average Bonchev–Trinajstić information content (AvgIpc) is 3.30. The van der Waals surface area contributed by atoms with Gasteiger partial charge < -0.3 is 25.6 Å². The molecule has 1 aromatic heterocycles. The number of hydrogen-bond acceptors (Lipinski definition) is 7. The number of ether oxygens (including phenoxy) is 1. The van der Waals surface area contributed by atoms with E-state index in [1.165, 1.54) is 0 Å². The molecule has 3 aromatic carbocycles. The number of nitrogens with zero attached hydrogens (tertiary/aromatic N) is 3. The molecule has 4 aromatic rings. The lowest BCUT2D eigenvalue weighted by Crippen LogP contribution is -2.44. The Labute approximate surface area is 215 Å². The standard InChI is InChI=1S/C28H30N6O3/c1-3-37-21-6-4-5-18(15-21)26(35)19-7-10-25-23(16-19)27(32-31-25)30-28(36)22-9-8-20(17-24(22)29)34-13-11-33(2)12-14-34/h4-10,15-17H,3,11-14,29H2,1-2H3,(H2,30,31,32,36). The van der Waals surface area contributed by atoms with Crippen LogP contribution in [0.2, 0.25) is 0 Å². The molecule has 1 aliphatic rings. The fourth-order valence-corrected chi connectivity index (χ4v) is 4.50. The van der Waals surface area contributed by atoms with Crippen molar-refractivity contribution >= 4 is 39.8 Å². The van der Waals surface area contributed by atoms with Crippen molar-refractivity contribution in [2.24, 2.45) is 0 Å². The fourth-order valence-electron chi connectivity index (χ4n) is 4.50. The third-order valence-electron chi connectivity index (χ3n) is 6.61. The second-order valence-corrected chi connectivity index (χ2v) is 9.14. The van der Waals surface area contributed by atoms with Crippen molar-refractivity contribution in [2.45, 2.75) is 6.92 Å². The highest BCUT2D eigenvalue weighted by Gasteiger charge is 2.19. The van der Waals surface area contributed by atoms with Gasteiger partial charge in [-0.25, -0.2) is 0 Å². The molecule has 0 saturated carbocycles. The van der Waals surface area contributed by atoms with Gasteiger partial charge in [-0.05, 0) is 62.5 Å². The molecule has 2 heterocycles. The quantitative estimate of drug-likeness (QED) is 0.262. The van der Waals surface area contributed by atoms with E-state index in [9.17, 15) is 9.59 Å². The largest absolute Gasteiger partial charge is 0.494 e. The van der Waals surface area contributed by atoms with E-state index in [0.29, 0.717) is 51.5 Å². The first-order valence-electron chi connectivity index (χ1n) is 12.3. The van der Waals surface area contributed by atoms with Crippen molar-refractivity contribution in [1.29, 1.82) is 0 Å². The van der Waals surface area contributed by atoms with Gasteiger partial charge >= 0.3 is 0 Å². The molecule has 1 amide bonds. The van der Waals surface area contributed by atoms with Crippen molar-refractivity contribution < 1.29 is 14.3 Å². The van der Waals surface area contributed by atoms with Crippen molar-refractivity contribution in [3.8, 4) is 5.75 Å². The summed E-state index contributed by atoms with van der Waals surface area (Å²) in [6, 6.07) is 17.8. The number of fused-ring (bicyclic) bond motifs is 1. The number of hydrogen-bond donors (Lipinski definition) is 3. The molecule has 4 N–H and O–H groups in total.